The Labute approximate surface area is 122 Å². The molecular weight excluding hydrogens is 305 g/mol. The second-order valence-electron chi connectivity index (χ2n) is 4.68. The Morgan fingerprint density at radius 3 is 2.63 bits per heavy atom. The summed E-state index contributed by atoms with van der Waals surface area (Å²) in [5.74, 6) is -0.152. The third-order valence-corrected chi connectivity index (χ3v) is 3.75. The molecule has 0 heterocycles. The second-order valence-corrected chi connectivity index (χ2v) is 5.60. The SMILES string of the molecule is CNC(Cc1cccc(Br)c1)c1ccc(F)c(C)c1. The second kappa shape index (κ2) is 6.31. The van der Waals surface area contributed by atoms with Gasteiger partial charge in [-0.05, 0) is 55.3 Å². The van der Waals surface area contributed by atoms with Crippen molar-refractivity contribution < 1.29 is 4.39 Å². The van der Waals surface area contributed by atoms with Crippen molar-refractivity contribution >= 4 is 15.9 Å². The van der Waals surface area contributed by atoms with E-state index in [9.17, 15) is 4.39 Å². The van der Waals surface area contributed by atoms with Crippen LogP contribution in [0.1, 0.15) is 22.7 Å². The summed E-state index contributed by atoms with van der Waals surface area (Å²) in [6.07, 6.45) is 0.876. The van der Waals surface area contributed by atoms with Gasteiger partial charge in [0.1, 0.15) is 5.82 Å². The fourth-order valence-electron chi connectivity index (χ4n) is 2.17. The topological polar surface area (TPSA) is 12.0 Å². The van der Waals surface area contributed by atoms with Crippen LogP contribution in [0.2, 0.25) is 0 Å². The summed E-state index contributed by atoms with van der Waals surface area (Å²) < 4.78 is 14.4. The molecule has 0 saturated heterocycles. The van der Waals surface area contributed by atoms with E-state index in [4.69, 9.17) is 0 Å². The van der Waals surface area contributed by atoms with Gasteiger partial charge < -0.3 is 5.32 Å². The maximum atomic E-state index is 13.3. The summed E-state index contributed by atoms with van der Waals surface area (Å²) in [6, 6.07) is 13.7. The number of rotatable bonds is 4. The fourth-order valence-corrected chi connectivity index (χ4v) is 2.62. The van der Waals surface area contributed by atoms with E-state index in [0.717, 1.165) is 16.5 Å². The lowest BCUT2D eigenvalue weighted by Gasteiger charge is -2.17. The Bertz CT molecular complexity index is 568. The molecule has 0 aliphatic heterocycles. The number of benzene rings is 2. The molecule has 1 unspecified atom stereocenters. The van der Waals surface area contributed by atoms with Crippen LogP contribution in [0.4, 0.5) is 4.39 Å². The molecule has 1 atom stereocenters. The summed E-state index contributed by atoms with van der Waals surface area (Å²) in [6.45, 7) is 1.80. The summed E-state index contributed by atoms with van der Waals surface area (Å²) in [5, 5.41) is 3.30. The first-order valence-corrected chi connectivity index (χ1v) is 7.07. The molecule has 0 spiro atoms. The van der Waals surface area contributed by atoms with Crippen LogP contribution in [0.15, 0.2) is 46.9 Å². The summed E-state index contributed by atoms with van der Waals surface area (Å²) in [4.78, 5) is 0. The standard InChI is InChI=1S/C16H17BrFN/c1-11-8-13(6-7-15(11)18)16(19-2)10-12-4-3-5-14(17)9-12/h3-9,16,19H,10H2,1-2H3. The van der Waals surface area contributed by atoms with E-state index in [1.54, 1.807) is 6.92 Å². The van der Waals surface area contributed by atoms with Crippen LogP contribution in [0.5, 0.6) is 0 Å². The zero-order chi connectivity index (χ0) is 13.8. The minimum Gasteiger partial charge on any atom is -0.313 e. The van der Waals surface area contributed by atoms with Gasteiger partial charge in [0.15, 0.2) is 0 Å². The Hall–Kier alpha value is -1.19. The highest BCUT2D eigenvalue weighted by Gasteiger charge is 2.11. The Morgan fingerprint density at radius 1 is 1.21 bits per heavy atom. The summed E-state index contributed by atoms with van der Waals surface area (Å²) in [5.41, 5.74) is 3.05. The van der Waals surface area contributed by atoms with Crippen molar-refractivity contribution in [3.05, 3.63) is 69.4 Å². The molecule has 1 N–H and O–H groups in total. The number of likely N-dealkylation sites (N-methyl/N-ethyl adjacent to an activating group) is 1. The molecule has 1 nitrogen and oxygen atoms in total. The van der Waals surface area contributed by atoms with Crippen molar-refractivity contribution in [3.63, 3.8) is 0 Å². The molecule has 0 aliphatic carbocycles. The molecule has 0 bridgehead atoms. The molecule has 0 amide bonds. The van der Waals surface area contributed by atoms with Gasteiger partial charge in [0.2, 0.25) is 0 Å². The zero-order valence-electron chi connectivity index (χ0n) is 11.1. The fraction of sp³-hybridized carbons (Fsp3) is 0.250. The highest BCUT2D eigenvalue weighted by molar-refractivity contribution is 9.10. The zero-order valence-corrected chi connectivity index (χ0v) is 12.7. The van der Waals surface area contributed by atoms with Crippen molar-refractivity contribution in [3.8, 4) is 0 Å². The van der Waals surface area contributed by atoms with E-state index in [1.165, 1.54) is 11.6 Å². The average Bonchev–Trinajstić information content (AvgIpc) is 2.39. The van der Waals surface area contributed by atoms with E-state index in [0.29, 0.717) is 5.56 Å². The number of nitrogens with one attached hydrogen (secondary N) is 1. The normalized spacial score (nSPS) is 12.4. The van der Waals surface area contributed by atoms with Crippen LogP contribution in [0.25, 0.3) is 0 Å². The smallest absolute Gasteiger partial charge is 0.126 e. The molecular formula is C16H17BrFN. The van der Waals surface area contributed by atoms with Gasteiger partial charge in [0.25, 0.3) is 0 Å². The third-order valence-electron chi connectivity index (χ3n) is 3.26. The number of hydrogen-bond acceptors (Lipinski definition) is 1. The highest BCUT2D eigenvalue weighted by Crippen LogP contribution is 2.22. The maximum Gasteiger partial charge on any atom is 0.126 e. The minimum absolute atomic E-state index is 0.152. The Balaban J connectivity index is 2.22. The van der Waals surface area contributed by atoms with Gasteiger partial charge in [0.05, 0.1) is 0 Å². The monoisotopic (exact) mass is 321 g/mol. The number of aryl methyl sites for hydroxylation is 1. The van der Waals surface area contributed by atoms with Gasteiger partial charge in [-0.3, -0.25) is 0 Å². The lowest BCUT2D eigenvalue weighted by Crippen LogP contribution is -2.19. The lowest BCUT2D eigenvalue weighted by atomic mass is 9.97. The molecule has 0 saturated carbocycles. The molecule has 0 aromatic heterocycles. The average molecular weight is 322 g/mol. The van der Waals surface area contributed by atoms with Crippen molar-refractivity contribution in [2.24, 2.45) is 0 Å². The van der Waals surface area contributed by atoms with E-state index >= 15 is 0 Å². The molecule has 0 fully saturated rings. The van der Waals surface area contributed by atoms with E-state index in [2.05, 4.69) is 33.4 Å². The van der Waals surface area contributed by atoms with Gasteiger partial charge >= 0.3 is 0 Å². The van der Waals surface area contributed by atoms with Crippen LogP contribution in [0, 0.1) is 12.7 Å². The predicted molar refractivity (Wildman–Crippen MR) is 80.8 cm³/mol. The van der Waals surface area contributed by atoms with Crippen LogP contribution in [-0.2, 0) is 6.42 Å². The molecule has 0 aliphatic rings. The molecule has 3 heteroatoms. The van der Waals surface area contributed by atoms with Gasteiger partial charge in [-0.1, -0.05) is 40.2 Å². The highest BCUT2D eigenvalue weighted by atomic mass is 79.9. The summed E-state index contributed by atoms with van der Waals surface area (Å²) in [7, 11) is 1.93. The first-order chi connectivity index (χ1) is 9.10. The van der Waals surface area contributed by atoms with E-state index in [1.807, 2.05) is 31.3 Å². The van der Waals surface area contributed by atoms with Crippen molar-refractivity contribution in [2.75, 3.05) is 7.05 Å². The molecule has 2 aromatic carbocycles. The van der Waals surface area contributed by atoms with Gasteiger partial charge in [-0.25, -0.2) is 4.39 Å². The molecule has 2 rings (SSSR count). The molecule has 0 radical (unpaired) electrons. The largest absolute Gasteiger partial charge is 0.313 e. The van der Waals surface area contributed by atoms with Crippen LogP contribution in [-0.4, -0.2) is 7.05 Å². The Kier molecular flexibility index (Phi) is 4.72. The van der Waals surface area contributed by atoms with Gasteiger partial charge in [0, 0.05) is 10.5 Å². The molecule has 19 heavy (non-hydrogen) atoms. The lowest BCUT2D eigenvalue weighted by molar-refractivity contribution is 0.583. The van der Waals surface area contributed by atoms with Crippen LogP contribution >= 0.6 is 15.9 Å². The van der Waals surface area contributed by atoms with Crippen molar-refractivity contribution in [2.45, 2.75) is 19.4 Å². The predicted octanol–water partition coefficient (Wildman–Crippen LogP) is 4.40. The van der Waals surface area contributed by atoms with Gasteiger partial charge in [-0.2, -0.15) is 0 Å². The van der Waals surface area contributed by atoms with E-state index < -0.39 is 0 Å². The summed E-state index contributed by atoms with van der Waals surface area (Å²) >= 11 is 3.48. The molecule has 100 valence electrons. The molecule has 2 aromatic rings. The Morgan fingerprint density at radius 2 is 2.00 bits per heavy atom. The van der Waals surface area contributed by atoms with Gasteiger partial charge in [-0.15, -0.1) is 0 Å². The first-order valence-electron chi connectivity index (χ1n) is 6.28. The maximum absolute atomic E-state index is 13.3. The van der Waals surface area contributed by atoms with Crippen molar-refractivity contribution in [1.29, 1.82) is 0 Å². The van der Waals surface area contributed by atoms with Crippen LogP contribution < -0.4 is 5.32 Å². The third kappa shape index (κ3) is 3.64. The van der Waals surface area contributed by atoms with Crippen LogP contribution in [0.3, 0.4) is 0 Å². The number of hydrogen-bond donors (Lipinski definition) is 1. The van der Waals surface area contributed by atoms with Crippen molar-refractivity contribution in [1.82, 2.24) is 5.32 Å². The quantitative estimate of drug-likeness (QED) is 0.880. The van der Waals surface area contributed by atoms with E-state index in [-0.39, 0.29) is 11.9 Å². The minimum atomic E-state index is -0.152. The first kappa shape index (κ1) is 14.2. The number of halogens is 2.